The van der Waals surface area contributed by atoms with E-state index in [1.165, 1.54) is 29.8 Å². The number of carbonyl (C=O) groups is 1. The molecule has 7 nitrogen and oxygen atoms in total. The number of rotatable bonds is 3. The Morgan fingerprint density at radius 2 is 1.57 bits per heavy atom. The summed E-state index contributed by atoms with van der Waals surface area (Å²) in [6.07, 6.45) is 0. The monoisotopic (exact) mass is 466 g/mol. The molecule has 3 aromatic carbocycles. The molecule has 0 unspecified atom stereocenters. The van der Waals surface area contributed by atoms with Crippen molar-refractivity contribution in [1.29, 1.82) is 0 Å². The quantitative estimate of drug-likeness (QED) is 0.395. The fourth-order valence-electron chi connectivity index (χ4n) is 4.55. The molecule has 0 aliphatic carbocycles. The Kier molecular flexibility index (Phi) is 5.13. The lowest BCUT2D eigenvalue weighted by Gasteiger charge is -2.35. The minimum atomic E-state index is -0.351. The van der Waals surface area contributed by atoms with Crippen LogP contribution in [0.1, 0.15) is 15.9 Å². The van der Waals surface area contributed by atoms with Gasteiger partial charge in [0.1, 0.15) is 5.82 Å². The molecule has 6 rings (SSSR count). The predicted octanol–water partition coefficient (Wildman–Crippen LogP) is 4.35. The number of carbonyl (C=O) groups excluding carboxylic acids is 1. The molecule has 0 atom stereocenters. The van der Waals surface area contributed by atoms with Crippen LogP contribution in [0.15, 0.2) is 72.8 Å². The molecule has 0 spiro atoms. The van der Waals surface area contributed by atoms with Gasteiger partial charge in [-0.1, -0.05) is 42.0 Å². The van der Waals surface area contributed by atoms with E-state index in [0.717, 1.165) is 33.9 Å². The van der Waals surface area contributed by atoms with E-state index in [0.29, 0.717) is 31.7 Å². The summed E-state index contributed by atoms with van der Waals surface area (Å²) in [5.74, 6) is 1.05. The second kappa shape index (κ2) is 8.47. The largest absolute Gasteiger partial charge is 0.338 e. The second-order valence-corrected chi connectivity index (χ2v) is 8.76. The number of piperazine rings is 1. The Balaban J connectivity index is 1.37. The average molecular weight is 467 g/mol. The van der Waals surface area contributed by atoms with Gasteiger partial charge in [0.2, 0.25) is 5.95 Å². The number of amides is 1. The molecule has 1 fully saturated rings. The average Bonchev–Trinajstić information content (AvgIpc) is 3.34. The summed E-state index contributed by atoms with van der Waals surface area (Å²) in [4.78, 5) is 21.9. The zero-order chi connectivity index (χ0) is 23.9. The van der Waals surface area contributed by atoms with Crippen molar-refractivity contribution in [1.82, 2.24) is 24.5 Å². The van der Waals surface area contributed by atoms with Crippen molar-refractivity contribution >= 4 is 28.4 Å². The zero-order valence-electron chi connectivity index (χ0n) is 19.2. The molecule has 0 N–H and O–H groups in total. The van der Waals surface area contributed by atoms with E-state index >= 15 is 0 Å². The summed E-state index contributed by atoms with van der Waals surface area (Å²) in [6, 6.07) is 21.8. The summed E-state index contributed by atoms with van der Waals surface area (Å²) in [6.45, 7) is 4.35. The number of nitrogens with zero attached hydrogens (tertiary/aromatic N) is 6. The summed E-state index contributed by atoms with van der Waals surface area (Å²) >= 11 is 0. The topological polar surface area (TPSA) is 66.6 Å². The van der Waals surface area contributed by atoms with Crippen LogP contribution in [0.25, 0.3) is 27.9 Å². The number of anilines is 1. The standard InChI is InChI=1S/C27H23FN6O/c1-18-6-8-19(9-7-18)24-30-31-25-22-4-2-3-5-23(22)29-27(34(24)25)33-16-14-32(15-17-33)26(35)20-10-12-21(28)13-11-20/h2-13H,14-17H2,1H3. The lowest BCUT2D eigenvalue weighted by atomic mass is 10.1. The van der Waals surface area contributed by atoms with Crippen molar-refractivity contribution in [2.75, 3.05) is 31.1 Å². The van der Waals surface area contributed by atoms with E-state index in [9.17, 15) is 9.18 Å². The van der Waals surface area contributed by atoms with Crippen LogP contribution in [0.3, 0.4) is 0 Å². The molecule has 1 aliphatic rings. The molecule has 8 heteroatoms. The third-order valence-corrected chi connectivity index (χ3v) is 6.48. The van der Waals surface area contributed by atoms with Gasteiger partial charge in [0.15, 0.2) is 11.5 Å². The molecule has 1 amide bonds. The number of benzene rings is 3. The molecule has 0 radical (unpaired) electrons. The van der Waals surface area contributed by atoms with Crippen LogP contribution < -0.4 is 4.90 Å². The molecule has 3 heterocycles. The Hall–Kier alpha value is -4.33. The smallest absolute Gasteiger partial charge is 0.253 e. The Labute approximate surface area is 201 Å². The number of para-hydroxylation sites is 1. The molecular weight excluding hydrogens is 443 g/mol. The Morgan fingerprint density at radius 1 is 0.857 bits per heavy atom. The molecule has 2 aromatic heterocycles. The van der Waals surface area contributed by atoms with Crippen molar-refractivity contribution in [3.8, 4) is 11.4 Å². The first kappa shape index (κ1) is 21.2. The number of hydrogen-bond donors (Lipinski definition) is 0. The predicted molar refractivity (Wildman–Crippen MR) is 133 cm³/mol. The summed E-state index contributed by atoms with van der Waals surface area (Å²) in [7, 11) is 0. The summed E-state index contributed by atoms with van der Waals surface area (Å²) in [5, 5.41) is 10.0. The lowest BCUT2D eigenvalue weighted by molar-refractivity contribution is 0.0746. The van der Waals surface area contributed by atoms with Crippen LogP contribution >= 0.6 is 0 Å². The second-order valence-electron chi connectivity index (χ2n) is 8.76. The van der Waals surface area contributed by atoms with Gasteiger partial charge in [0, 0.05) is 42.7 Å². The number of halogens is 1. The van der Waals surface area contributed by atoms with Crippen molar-refractivity contribution in [3.63, 3.8) is 0 Å². The normalized spacial score (nSPS) is 14.1. The van der Waals surface area contributed by atoms with E-state index in [1.807, 2.05) is 40.8 Å². The van der Waals surface area contributed by atoms with Crippen molar-refractivity contribution in [2.24, 2.45) is 0 Å². The number of aryl methyl sites for hydroxylation is 1. The molecule has 1 saturated heterocycles. The van der Waals surface area contributed by atoms with Crippen LogP contribution in [0.5, 0.6) is 0 Å². The van der Waals surface area contributed by atoms with E-state index < -0.39 is 0 Å². The van der Waals surface area contributed by atoms with Gasteiger partial charge in [-0.15, -0.1) is 10.2 Å². The highest BCUT2D eigenvalue weighted by Gasteiger charge is 2.26. The van der Waals surface area contributed by atoms with E-state index in [-0.39, 0.29) is 11.7 Å². The van der Waals surface area contributed by atoms with Crippen LogP contribution in [0.2, 0.25) is 0 Å². The summed E-state index contributed by atoms with van der Waals surface area (Å²) in [5.41, 5.74) is 4.24. The SMILES string of the molecule is Cc1ccc(-c2nnc3c4ccccc4nc(N4CCN(C(=O)c5ccc(F)cc5)CC4)n23)cc1. The molecular formula is C27H23FN6O. The molecule has 174 valence electrons. The summed E-state index contributed by atoms with van der Waals surface area (Å²) < 4.78 is 15.3. The van der Waals surface area contributed by atoms with Crippen LogP contribution in [-0.4, -0.2) is 56.6 Å². The Morgan fingerprint density at radius 3 is 2.31 bits per heavy atom. The number of aromatic nitrogens is 4. The molecule has 1 aliphatic heterocycles. The molecule has 0 saturated carbocycles. The fourth-order valence-corrected chi connectivity index (χ4v) is 4.55. The first-order valence-electron chi connectivity index (χ1n) is 11.6. The van der Waals surface area contributed by atoms with Gasteiger partial charge in [-0.2, -0.15) is 0 Å². The molecule has 0 bridgehead atoms. The maximum Gasteiger partial charge on any atom is 0.253 e. The van der Waals surface area contributed by atoms with Gasteiger partial charge in [0.25, 0.3) is 5.91 Å². The van der Waals surface area contributed by atoms with E-state index in [1.54, 1.807) is 4.90 Å². The van der Waals surface area contributed by atoms with Crippen LogP contribution in [0.4, 0.5) is 10.3 Å². The zero-order valence-corrected chi connectivity index (χ0v) is 19.2. The number of fused-ring (bicyclic) bond motifs is 3. The highest BCUT2D eigenvalue weighted by atomic mass is 19.1. The van der Waals surface area contributed by atoms with Crippen LogP contribution in [-0.2, 0) is 0 Å². The van der Waals surface area contributed by atoms with Gasteiger partial charge in [-0.3, -0.25) is 4.79 Å². The van der Waals surface area contributed by atoms with Crippen molar-refractivity contribution in [2.45, 2.75) is 6.92 Å². The van der Waals surface area contributed by atoms with Gasteiger partial charge >= 0.3 is 0 Å². The fraction of sp³-hybridized carbons (Fsp3) is 0.185. The van der Waals surface area contributed by atoms with Crippen molar-refractivity contribution < 1.29 is 9.18 Å². The van der Waals surface area contributed by atoms with E-state index in [2.05, 4.69) is 34.2 Å². The molecule has 35 heavy (non-hydrogen) atoms. The Bertz CT molecular complexity index is 1540. The van der Waals surface area contributed by atoms with Crippen LogP contribution in [0, 0.1) is 12.7 Å². The van der Waals surface area contributed by atoms with Gasteiger partial charge < -0.3 is 9.80 Å². The van der Waals surface area contributed by atoms with Crippen molar-refractivity contribution in [3.05, 3.63) is 89.7 Å². The lowest BCUT2D eigenvalue weighted by Crippen LogP contribution is -2.49. The van der Waals surface area contributed by atoms with E-state index in [4.69, 9.17) is 4.98 Å². The minimum Gasteiger partial charge on any atom is -0.338 e. The first-order valence-corrected chi connectivity index (χ1v) is 11.6. The number of hydrogen-bond acceptors (Lipinski definition) is 5. The maximum absolute atomic E-state index is 13.3. The third-order valence-electron chi connectivity index (χ3n) is 6.48. The minimum absolute atomic E-state index is 0.0918. The maximum atomic E-state index is 13.3. The third kappa shape index (κ3) is 3.77. The molecule has 5 aromatic rings. The highest BCUT2D eigenvalue weighted by molar-refractivity contribution is 5.95. The first-order chi connectivity index (χ1) is 17.1. The highest BCUT2D eigenvalue weighted by Crippen LogP contribution is 2.29. The van der Waals surface area contributed by atoms with Gasteiger partial charge in [0.05, 0.1) is 5.52 Å². The van der Waals surface area contributed by atoms with Gasteiger partial charge in [-0.25, -0.2) is 13.8 Å². The van der Waals surface area contributed by atoms with Gasteiger partial charge in [-0.05, 0) is 43.3 Å².